The zero-order valence-corrected chi connectivity index (χ0v) is 10.1. The Labute approximate surface area is 105 Å². The van der Waals surface area contributed by atoms with Crippen molar-refractivity contribution in [3.63, 3.8) is 0 Å². The summed E-state index contributed by atoms with van der Waals surface area (Å²) in [5.41, 5.74) is 0.159. The number of anilines is 1. The predicted octanol–water partition coefficient (Wildman–Crippen LogP) is 2.27. The summed E-state index contributed by atoms with van der Waals surface area (Å²) in [4.78, 5) is 24.8. The number of likely N-dealkylation sites (tertiary alicyclic amines) is 1. The van der Waals surface area contributed by atoms with Gasteiger partial charge in [-0.15, -0.1) is 0 Å². The lowest BCUT2D eigenvalue weighted by atomic mass is 9.99. The highest BCUT2D eigenvalue weighted by Crippen LogP contribution is 2.16. The van der Waals surface area contributed by atoms with Gasteiger partial charge in [0.1, 0.15) is 11.6 Å². The largest absolute Gasteiger partial charge is 0.323 e. The number of hydrogen-bond donors (Lipinski definition) is 1. The van der Waals surface area contributed by atoms with E-state index in [9.17, 15) is 14.0 Å². The molecule has 0 bridgehead atoms. The summed E-state index contributed by atoms with van der Waals surface area (Å²) in [5, 5.41) is 2.52. The molecule has 2 amide bonds. The van der Waals surface area contributed by atoms with Crippen LogP contribution >= 0.6 is 0 Å². The van der Waals surface area contributed by atoms with Crippen molar-refractivity contribution in [2.45, 2.75) is 13.3 Å². The molecular weight excluding hydrogens is 235 g/mol. The zero-order chi connectivity index (χ0) is 13.1. The quantitative estimate of drug-likeness (QED) is 0.831. The Balaban J connectivity index is 2.01. The Kier molecular flexibility index (Phi) is 3.60. The number of rotatable bonds is 1. The maximum Gasteiger partial charge on any atom is 0.321 e. The van der Waals surface area contributed by atoms with E-state index in [1.165, 1.54) is 12.1 Å². The maximum atomic E-state index is 13.4. The molecule has 0 aliphatic carbocycles. The smallest absolute Gasteiger partial charge is 0.321 e. The summed E-state index contributed by atoms with van der Waals surface area (Å²) in [7, 11) is 0. The lowest BCUT2D eigenvalue weighted by Gasteiger charge is -2.30. The highest BCUT2D eigenvalue weighted by molar-refractivity contribution is 5.91. The summed E-state index contributed by atoms with van der Waals surface area (Å²) in [6, 6.07) is 5.65. The third-order valence-electron chi connectivity index (χ3n) is 3.07. The third-order valence-corrected chi connectivity index (χ3v) is 3.07. The second-order valence-corrected chi connectivity index (χ2v) is 4.47. The minimum atomic E-state index is -0.466. The van der Waals surface area contributed by atoms with Gasteiger partial charge in [0.2, 0.25) is 0 Å². The van der Waals surface area contributed by atoms with Crippen LogP contribution in [-0.4, -0.2) is 29.8 Å². The summed E-state index contributed by atoms with van der Waals surface area (Å²) < 4.78 is 13.4. The van der Waals surface area contributed by atoms with Crippen molar-refractivity contribution in [2.75, 3.05) is 18.4 Å². The third kappa shape index (κ3) is 2.67. The standard InChI is InChI=1S/C13H15FN2O2/c1-9-8-16(7-6-12(9)17)13(18)15-11-5-3-2-4-10(11)14/h2-5,9H,6-8H2,1H3,(H,15,18). The van der Waals surface area contributed by atoms with Crippen LogP contribution in [0.15, 0.2) is 24.3 Å². The monoisotopic (exact) mass is 250 g/mol. The first-order valence-corrected chi connectivity index (χ1v) is 5.91. The molecule has 96 valence electrons. The second-order valence-electron chi connectivity index (χ2n) is 4.47. The number of carbonyl (C=O) groups excluding carboxylic acids is 2. The van der Waals surface area contributed by atoms with Gasteiger partial charge in [-0.1, -0.05) is 19.1 Å². The number of para-hydroxylation sites is 1. The van der Waals surface area contributed by atoms with Gasteiger partial charge in [-0.2, -0.15) is 0 Å². The lowest BCUT2D eigenvalue weighted by molar-refractivity contribution is -0.124. The molecule has 1 aliphatic heterocycles. The maximum absolute atomic E-state index is 13.4. The van der Waals surface area contributed by atoms with Crippen LogP contribution in [0.2, 0.25) is 0 Å². The molecule has 0 aromatic heterocycles. The van der Waals surface area contributed by atoms with Crippen molar-refractivity contribution in [2.24, 2.45) is 5.92 Å². The minimum absolute atomic E-state index is 0.148. The Bertz CT molecular complexity index is 476. The molecule has 0 radical (unpaired) electrons. The number of hydrogen-bond acceptors (Lipinski definition) is 2. The topological polar surface area (TPSA) is 49.4 Å². The van der Waals surface area contributed by atoms with Crippen LogP contribution in [0.1, 0.15) is 13.3 Å². The Hall–Kier alpha value is -1.91. The van der Waals surface area contributed by atoms with E-state index in [-0.39, 0.29) is 23.4 Å². The normalized spacial score (nSPS) is 19.8. The van der Waals surface area contributed by atoms with E-state index in [1.807, 2.05) is 0 Å². The molecule has 1 N–H and O–H groups in total. The van der Waals surface area contributed by atoms with Crippen LogP contribution in [0, 0.1) is 11.7 Å². The molecule has 1 fully saturated rings. The van der Waals surface area contributed by atoms with Gasteiger partial charge >= 0.3 is 6.03 Å². The van der Waals surface area contributed by atoms with Crippen molar-refractivity contribution in [3.05, 3.63) is 30.1 Å². The zero-order valence-electron chi connectivity index (χ0n) is 10.1. The Morgan fingerprint density at radius 1 is 1.44 bits per heavy atom. The summed E-state index contributed by atoms with van der Waals surface area (Å²) in [6.45, 7) is 2.58. The molecule has 1 aromatic rings. The van der Waals surface area contributed by atoms with Gasteiger partial charge in [-0.25, -0.2) is 9.18 Å². The van der Waals surface area contributed by atoms with E-state index in [1.54, 1.807) is 24.0 Å². The average molecular weight is 250 g/mol. The van der Waals surface area contributed by atoms with E-state index < -0.39 is 5.82 Å². The number of nitrogens with zero attached hydrogens (tertiary/aromatic N) is 1. The van der Waals surface area contributed by atoms with E-state index in [4.69, 9.17) is 0 Å². The number of halogens is 1. The van der Waals surface area contributed by atoms with E-state index in [2.05, 4.69) is 5.32 Å². The van der Waals surface area contributed by atoms with Crippen LogP contribution in [-0.2, 0) is 4.79 Å². The molecule has 18 heavy (non-hydrogen) atoms. The van der Waals surface area contributed by atoms with Gasteiger partial charge in [0.25, 0.3) is 0 Å². The number of amides is 2. The van der Waals surface area contributed by atoms with Gasteiger partial charge in [-0.3, -0.25) is 4.79 Å². The molecule has 1 atom stereocenters. The van der Waals surface area contributed by atoms with Crippen molar-refractivity contribution >= 4 is 17.5 Å². The number of ketones is 1. The molecule has 4 nitrogen and oxygen atoms in total. The minimum Gasteiger partial charge on any atom is -0.323 e. The summed E-state index contributed by atoms with van der Waals surface area (Å²) >= 11 is 0. The van der Waals surface area contributed by atoms with Gasteiger partial charge in [0.05, 0.1) is 5.69 Å². The van der Waals surface area contributed by atoms with Crippen molar-refractivity contribution in [1.82, 2.24) is 4.90 Å². The van der Waals surface area contributed by atoms with Gasteiger partial charge in [-0.05, 0) is 12.1 Å². The molecule has 2 rings (SSSR count). The fourth-order valence-electron chi connectivity index (χ4n) is 1.96. The van der Waals surface area contributed by atoms with E-state index in [0.29, 0.717) is 19.5 Å². The fraction of sp³-hybridized carbons (Fsp3) is 0.385. The molecule has 5 heteroatoms. The molecule has 1 unspecified atom stereocenters. The first-order valence-electron chi connectivity index (χ1n) is 5.91. The number of urea groups is 1. The number of benzene rings is 1. The lowest BCUT2D eigenvalue weighted by Crippen LogP contribution is -2.45. The first-order chi connectivity index (χ1) is 8.58. The van der Waals surface area contributed by atoms with Crippen LogP contribution in [0.25, 0.3) is 0 Å². The molecule has 1 aliphatic rings. The molecule has 0 spiro atoms. The summed E-state index contributed by atoms with van der Waals surface area (Å²) in [5.74, 6) is -0.443. The Morgan fingerprint density at radius 3 is 2.83 bits per heavy atom. The molecule has 1 heterocycles. The number of carbonyl (C=O) groups is 2. The van der Waals surface area contributed by atoms with Crippen LogP contribution in [0.5, 0.6) is 0 Å². The predicted molar refractivity (Wildman–Crippen MR) is 65.8 cm³/mol. The highest BCUT2D eigenvalue weighted by Gasteiger charge is 2.26. The van der Waals surface area contributed by atoms with Crippen LogP contribution in [0.4, 0.5) is 14.9 Å². The Morgan fingerprint density at radius 2 is 2.17 bits per heavy atom. The van der Waals surface area contributed by atoms with Gasteiger partial charge in [0.15, 0.2) is 0 Å². The number of nitrogens with one attached hydrogen (secondary N) is 1. The van der Waals surface area contributed by atoms with E-state index in [0.717, 1.165) is 0 Å². The number of Topliss-reactive ketones (excluding diaryl/α,β-unsaturated/α-hetero) is 1. The van der Waals surface area contributed by atoms with Crippen molar-refractivity contribution < 1.29 is 14.0 Å². The van der Waals surface area contributed by atoms with Gasteiger partial charge in [0, 0.05) is 25.4 Å². The van der Waals surface area contributed by atoms with Crippen LogP contribution in [0.3, 0.4) is 0 Å². The van der Waals surface area contributed by atoms with Gasteiger partial charge < -0.3 is 10.2 Å². The fourth-order valence-corrected chi connectivity index (χ4v) is 1.96. The van der Waals surface area contributed by atoms with Crippen molar-refractivity contribution in [3.8, 4) is 0 Å². The average Bonchev–Trinajstić information content (AvgIpc) is 2.35. The highest BCUT2D eigenvalue weighted by atomic mass is 19.1. The molecular formula is C13H15FN2O2. The van der Waals surface area contributed by atoms with E-state index >= 15 is 0 Å². The molecule has 1 aromatic carbocycles. The van der Waals surface area contributed by atoms with Crippen molar-refractivity contribution in [1.29, 1.82) is 0 Å². The molecule has 1 saturated heterocycles. The SMILES string of the molecule is CC1CN(C(=O)Nc2ccccc2F)CCC1=O. The second kappa shape index (κ2) is 5.16. The first kappa shape index (κ1) is 12.5. The molecule has 0 saturated carbocycles. The number of piperidine rings is 1. The van der Waals surface area contributed by atoms with Crippen LogP contribution < -0.4 is 5.32 Å². The summed E-state index contributed by atoms with van der Waals surface area (Å²) in [6.07, 6.45) is 0.367.